The number of nitrogens with two attached hydrogens (primary N) is 1. The van der Waals surface area contributed by atoms with Gasteiger partial charge in [-0.2, -0.15) is 5.26 Å². The van der Waals surface area contributed by atoms with Crippen molar-refractivity contribution in [3.05, 3.63) is 35.4 Å². The van der Waals surface area contributed by atoms with Gasteiger partial charge in [-0.15, -0.1) is 0 Å². The molecular formula is C17H27N3. The van der Waals surface area contributed by atoms with E-state index in [1.807, 2.05) is 6.92 Å². The van der Waals surface area contributed by atoms with E-state index in [4.69, 9.17) is 11.0 Å². The summed E-state index contributed by atoms with van der Waals surface area (Å²) in [6, 6.07) is 11.1. The van der Waals surface area contributed by atoms with Crippen LogP contribution in [0.4, 0.5) is 0 Å². The van der Waals surface area contributed by atoms with Crippen LogP contribution in [0, 0.1) is 24.2 Å². The van der Waals surface area contributed by atoms with E-state index in [-0.39, 0.29) is 18.0 Å². The zero-order valence-corrected chi connectivity index (χ0v) is 13.1. The third kappa shape index (κ3) is 4.33. The van der Waals surface area contributed by atoms with Crippen LogP contribution >= 0.6 is 0 Å². The molecule has 3 unspecified atom stereocenters. The van der Waals surface area contributed by atoms with Crippen LogP contribution in [-0.2, 0) is 0 Å². The van der Waals surface area contributed by atoms with Crippen molar-refractivity contribution >= 4 is 0 Å². The summed E-state index contributed by atoms with van der Waals surface area (Å²) in [5.41, 5.74) is 8.87. The lowest BCUT2D eigenvalue weighted by molar-refractivity contribution is 0.166. The quantitative estimate of drug-likeness (QED) is 0.829. The second-order valence-electron chi connectivity index (χ2n) is 5.55. The van der Waals surface area contributed by atoms with Gasteiger partial charge in [0.05, 0.1) is 12.0 Å². The van der Waals surface area contributed by atoms with Crippen molar-refractivity contribution in [1.29, 1.82) is 5.26 Å². The van der Waals surface area contributed by atoms with Crippen molar-refractivity contribution in [3.63, 3.8) is 0 Å². The number of benzene rings is 1. The van der Waals surface area contributed by atoms with Crippen LogP contribution in [0.2, 0.25) is 0 Å². The minimum Gasteiger partial charge on any atom is -0.326 e. The van der Waals surface area contributed by atoms with Gasteiger partial charge in [0, 0.05) is 18.6 Å². The summed E-state index contributed by atoms with van der Waals surface area (Å²) in [5.74, 6) is 0.0197. The molecule has 0 amide bonds. The number of aryl methyl sites for hydroxylation is 1. The van der Waals surface area contributed by atoms with Gasteiger partial charge in [-0.05, 0) is 32.4 Å². The lowest BCUT2D eigenvalue weighted by atomic mass is 9.94. The number of rotatable bonds is 7. The lowest BCUT2D eigenvalue weighted by Crippen LogP contribution is -2.42. The van der Waals surface area contributed by atoms with E-state index in [1.54, 1.807) is 0 Å². The molecule has 3 atom stereocenters. The fourth-order valence-corrected chi connectivity index (χ4v) is 2.64. The van der Waals surface area contributed by atoms with Crippen LogP contribution in [-0.4, -0.2) is 24.0 Å². The SMILES string of the molecule is CCC(N)C(c1cccc(C)c1)N(CC)CC(C)C#N. The largest absolute Gasteiger partial charge is 0.326 e. The Morgan fingerprint density at radius 1 is 1.35 bits per heavy atom. The summed E-state index contributed by atoms with van der Waals surface area (Å²) >= 11 is 0. The standard InChI is InChI=1S/C17H27N3/c1-5-16(19)17(15-9-7-8-13(3)10-15)20(6-2)12-14(4)11-18/h7-10,14,16-17H,5-6,12,19H2,1-4H3. The summed E-state index contributed by atoms with van der Waals surface area (Å²) in [6.45, 7) is 9.99. The normalized spacial score (nSPS) is 15.7. The molecule has 0 saturated carbocycles. The van der Waals surface area contributed by atoms with Crippen LogP contribution in [0.5, 0.6) is 0 Å². The summed E-state index contributed by atoms with van der Waals surface area (Å²) in [5, 5.41) is 9.06. The molecule has 20 heavy (non-hydrogen) atoms. The summed E-state index contributed by atoms with van der Waals surface area (Å²) in [6.07, 6.45) is 0.927. The number of likely N-dealkylation sites (N-methyl/N-ethyl adjacent to an activating group) is 1. The first-order chi connectivity index (χ1) is 9.53. The molecule has 0 aliphatic rings. The van der Waals surface area contributed by atoms with Crippen LogP contribution < -0.4 is 5.73 Å². The Hall–Kier alpha value is -1.37. The highest BCUT2D eigenvalue weighted by Crippen LogP contribution is 2.26. The van der Waals surface area contributed by atoms with Gasteiger partial charge in [0.25, 0.3) is 0 Å². The van der Waals surface area contributed by atoms with E-state index < -0.39 is 0 Å². The molecule has 0 bridgehead atoms. The molecule has 0 aromatic heterocycles. The Morgan fingerprint density at radius 3 is 2.55 bits per heavy atom. The van der Waals surface area contributed by atoms with E-state index in [0.29, 0.717) is 0 Å². The molecule has 1 aromatic rings. The van der Waals surface area contributed by atoms with Crippen LogP contribution in [0.1, 0.15) is 44.4 Å². The molecule has 3 heteroatoms. The third-order valence-corrected chi connectivity index (χ3v) is 3.79. The zero-order valence-electron chi connectivity index (χ0n) is 13.1. The van der Waals surface area contributed by atoms with Gasteiger partial charge in [-0.1, -0.05) is 43.7 Å². The maximum absolute atomic E-state index is 9.06. The number of hydrogen-bond acceptors (Lipinski definition) is 3. The van der Waals surface area contributed by atoms with Gasteiger partial charge in [0.2, 0.25) is 0 Å². The monoisotopic (exact) mass is 273 g/mol. The molecule has 0 spiro atoms. The Labute approximate surface area is 123 Å². The van der Waals surface area contributed by atoms with Crippen molar-refractivity contribution < 1.29 is 0 Å². The van der Waals surface area contributed by atoms with Gasteiger partial charge in [0.1, 0.15) is 0 Å². The lowest BCUT2D eigenvalue weighted by Gasteiger charge is -2.35. The molecule has 3 nitrogen and oxygen atoms in total. The predicted octanol–water partition coefficient (Wildman–Crippen LogP) is 3.26. The Balaban J connectivity index is 3.07. The average Bonchev–Trinajstić information content (AvgIpc) is 2.45. The molecule has 0 saturated heterocycles. The first kappa shape index (κ1) is 16.7. The van der Waals surface area contributed by atoms with E-state index in [9.17, 15) is 0 Å². The molecule has 0 aliphatic carbocycles. The predicted molar refractivity (Wildman–Crippen MR) is 84.2 cm³/mol. The molecule has 1 rings (SSSR count). The zero-order chi connectivity index (χ0) is 15.1. The Kier molecular flexibility index (Phi) is 6.70. The summed E-state index contributed by atoms with van der Waals surface area (Å²) in [7, 11) is 0. The fourth-order valence-electron chi connectivity index (χ4n) is 2.64. The minimum atomic E-state index is 0.0197. The summed E-state index contributed by atoms with van der Waals surface area (Å²) in [4.78, 5) is 2.33. The van der Waals surface area contributed by atoms with Gasteiger partial charge in [-0.25, -0.2) is 0 Å². The van der Waals surface area contributed by atoms with Crippen molar-refractivity contribution in [1.82, 2.24) is 4.90 Å². The van der Waals surface area contributed by atoms with E-state index >= 15 is 0 Å². The topological polar surface area (TPSA) is 53.0 Å². The van der Waals surface area contributed by atoms with Crippen molar-refractivity contribution in [2.45, 2.75) is 46.2 Å². The second-order valence-corrected chi connectivity index (χ2v) is 5.55. The van der Waals surface area contributed by atoms with E-state index in [2.05, 4.69) is 56.0 Å². The highest BCUT2D eigenvalue weighted by atomic mass is 15.2. The van der Waals surface area contributed by atoms with Gasteiger partial charge < -0.3 is 5.73 Å². The average molecular weight is 273 g/mol. The van der Waals surface area contributed by atoms with Crippen molar-refractivity contribution in [2.24, 2.45) is 11.7 Å². The highest BCUT2D eigenvalue weighted by Gasteiger charge is 2.25. The minimum absolute atomic E-state index is 0.0197. The van der Waals surface area contributed by atoms with Gasteiger partial charge in [0.15, 0.2) is 0 Å². The van der Waals surface area contributed by atoms with Crippen LogP contribution in [0.15, 0.2) is 24.3 Å². The Morgan fingerprint density at radius 2 is 2.05 bits per heavy atom. The molecule has 2 N–H and O–H groups in total. The molecule has 0 fully saturated rings. The molecule has 1 aromatic carbocycles. The molecule has 0 radical (unpaired) electrons. The molecular weight excluding hydrogens is 246 g/mol. The number of nitriles is 1. The van der Waals surface area contributed by atoms with Gasteiger partial charge >= 0.3 is 0 Å². The maximum Gasteiger partial charge on any atom is 0.0666 e. The third-order valence-electron chi connectivity index (χ3n) is 3.79. The van der Waals surface area contributed by atoms with E-state index in [0.717, 1.165) is 19.5 Å². The van der Waals surface area contributed by atoms with Crippen molar-refractivity contribution in [3.8, 4) is 6.07 Å². The van der Waals surface area contributed by atoms with E-state index in [1.165, 1.54) is 11.1 Å². The number of hydrogen-bond donors (Lipinski definition) is 1. The van der Waals surface area contributed by atoms with Gasteiger partial charge in [-0.3, -0.25) is 4.90 Å². The number of nitrogens with zero attached hydrogens (tertiary/aromatic N) is 2. The first-order valence-electron chi connectivity index (χ1n) is 7.49. The Bertz CT molecular complexity index is 450. The smallest absolute Gasteiger partial charge is 0.0666 e. The molecule has 0 aliphatic heterocycles. The second kappa shape index (κ2) is 8.04. The van der Waals surface area contributed by atoms with Crippen molar-refractivity contribution in [2.75, 3.05) is 13.1 Å². The van der Waals surface area contributed by atoms with Crippen LogP contribution in [0.3, 0.4) is 0 Å². The fraction of sp³-hybridized carbons (Fsp3) is 0.588. The maximum atomic E-state index is 9.06. The molecule has 0 heterocycles. The summed E-state index contributed by atoms with van der Waals surface area (Å²) < 4.78 is 0. The van der Waals surface area contributed by atoms with Crippen LogP contribution in [0.25, 0.3) is 0 Å². The highest BCUT2D eigenvalue weighted by molar-refractivity contribution is 5.26. The molecule has 110 valence electrons. The first-order valence-corrected chi connectivity index (χ1v) is 7.49.